The van der Waals surface area contributed by atoms with Crippen molar-refractivity contribution in [2.45, 2.75) is 6.92 Å². The second-order valence-electron chi connectivity index (χ2n) is 7.09. The molecule has 1 aromatic heterocycles. The maximum Gasteiger partial charge on any atom is 0.264 e. The Morgan fingerprint density at radius 3 is 2.87 bits per heavy atom. The minimum atomic E-state index is -0.263. The van der Waals surface area contributed by atoms with Crippen LogP contribution in [-0.4, -0.2) is 42.3 Å². The number of nitrogens with two attached hydrogens (primary N) is 1. The lowest BCUT2D eigenvalue weighted by Gasteiger charge is -2.17. The van der Waals surface area contributed by atoms with Crippen molar-refractivity contribution in [1.82, 2.24) is 9.55 Å². The smallest absolute Gasteiger partial charge is 0.264 e. The molecule has 2 heterocycles. The quantitative estimate of drug-likeness (QED) is 0.641. The molecule has 1 saturated heterocycles. The highest BCUT2D eigenvalue weighted by molar-refractivity contribution is 5.93. The molecule has 0 aliphatic carbocycles. The average molecular weight is 422 g/mol. The largest absolute Gasteiger partial charge is 0.495 e. The van der Waals surface area contributed by atoms with Crippen LogP contribution in [0.15, 0.2) is 65.7 Å². The van der Waals surface area contributed by atoms with E-state index in [1.54, 1.807) is 25.6 Å². The Hall–Kier alpha value is -3.65. The number of imidazole rings is 1. The number of quaternary nitrogens is 1. The van der Waals surface area contributed by atoms with Crippen molar-refractivity contribution in [1.29, 1.82) is 0 Å². The average Bonchev–Trinajstić information content (AvgIpc) is 3.22. The number of hydrogen-bond donors (Lipinski definition) is 2. The molecule has 4 rings (SSSR count). The summed E-state index contributed by atoms with van der Waals surface area (Å²) in [5.41, 5.74) is 3.61. The van der Waals surface area contributed by atoms with Crippen molar-refractivity contribution >= 4 is 17.6 Å². The maximum absolute atomic E-state index is 13.0. The number of aliphatic imine (C=N–C) groups is 1. The van der Waals surface area contributed by atoms with Crippen LogP contribution in [0.4, 0.5) is 10.1 Å². The highest BCUT2D eigenvalue weighted by Crippen LogP contribution is 2.26. The van der Waals surface area contributed by atoms with E-state index in [0.717, 1.165) is 40.8 Å². The van der Waals surface area contributed by atoms with Crippen LogP contribution in [0.2, 0.25) is 0 Å². The van der Waals surface area contributed by atoms with Gasteiger partial charge in [0.25, 0.3) is 5.84 Å². The molecule has 0 unspecified atom stereocenters. The molecule has 3 aromatic rings. The molecule has 31 heavy (non-hydrogen) atoms. The number of amidine groups is 1. The Morgan fingerprint density at radius 1 is 1.29 bits per heavy atom. The van der Waals surface area contributed by atoms with Crippen LogP contribution in [0, 0.1) is 12.7 Å². The monoisotopic (exact) mass is 422 g/mol. The van der Waals surface area contributed by atoms with Crippen LogP contribution < -0.4 is 15.4 Å². The Kier molecular flexibility index (Phi) is 6.28. The lowest BCUT2D eigenvalue weighted by atomic mass is 10.1. The summed E-state index contributed by atoms with van der Waals surface area (Å²) >= 11 is 0. The molecule has 0 radical (unpaired) electrons. The van der Waals surface area contributed by atoms with Gasteiger partial charge in [-0.15, -0.1) is 0 Å². The van der Waals surface area contributed by atoms with Gasteiger partial charge in [-0.3, -0.25) is 5.32 Å². The SMILES string of the molecule is COc1cc(/C=C2\OCC[NH2+]\C2=N/CNc2ccc(F)cc2)ccc1-n1cnc(C)c1. The van der Waals surface area contributed by atoms with Gasteiger partial charge in [0.2, 0.25) is 5.76 Å². The number of halogens is 1. The molecule has 0 spiro atoms. The summed E-state index contributed by atoms with van der Waals surface area (Å²) in [5.74, 6) is 1.97. The van der Waals surface area contributed by atoms with E-state index in [4.69, 9.17) is 9.47 Å². The molecule has 0 bridgehead atoms. The van der Waals surface area contributed by atoms with E-state index in [1.807, 2.05) is 42.0 Å². The number of hydrogen-bond acceptors (Lipinski definition) is 5. The molecule has 0 amide bonds. The summed E-state index contributed by atoms with van der Waals surface area (Å²) in [6, 6.07) is 12.2. The Balaban J connectivity index is 1.53. The first-order valence-electron chi connectivity index (χ1n) is 10.0. The summed E-state index contributed by atoms with van der Waals surface area (Å²) in [5, 5.41) is 5.22. The fourth-order valence-corrected chi connectivity index (χ4v) is 3.28. The molecule has 0 saturated carbocycles. The number of anilines is 1. The summed E-state index contributed by atoms with van der Waals surface area (Å²) in [6.07, 6.45) is 5.68. The molecular formula is C23H25FN5O2+. The van der Waals surface area contributed by atoms with Gasteiger partial charge in [0.1, 0.15) is 31.4 Å². The van der Waals surface area contributed by atoms with Gasteiger partial charge in [-0.25, -0.2) is 14.4 Å². The standard InChI is InChI=1S/C23H24FN5O2/c1-16-13-29(15-28-16)20-8-3-17(11-21(20)30-2)12-22-23(25-9-10-31-22)27-14-26-19-6-4-18(24)5-7-19/h3-8,11-13,15,26H,9-10,14H2,1-2H3,(H,25,27)/p+1/b22-12-. The van der Waals surface area contributed by atoms with E-state index in [2.05, 4.69) is 20.6 Å². The third kappa shape index (κ3) is 5.10. The molecule has 2 aromatic carbocycles. The van der Waals surface area contributed by atoms with Crippen LogP contribution in [-0.2, 0) is 4.74 Å². The van der Waals surface area contributed by atoms with E-state index in [1.165, 1.54) is 12.1 Å². The first kappa shape index (κ1) is 20.6. The minimum Gasteiger partial charge on any atom is -0.495 e. The van der Waals surface area contributed by atoms with E-state index in [0.29, 0.717) is 19.0 Å². The Bertz CT molecular complexity index is 1110. The van der Waals surface area contributed by atoms with Gasteiger partial charge in [-0.1, -0.05) is 6.07 Å². The normalized spacial score (nSPS) is 16.4. The molecule has 0 atom stereocenters. The third-order valence-corrected chi connectivity index (χ3v) is 4.83. The first-order chi connectivity index (χ1) is 15.1. The van der Waals surface area contributed by atoms with Gasteiger partial charge in [0.15, 0.2) is 0 Å². The number of nitrogens with one attached hydrogen (secondary N) is 1. The molecule has 1 aliphatic rings. The van der Waals surface area contributed by atoms with Crippen LogP contribution in [0.25, 0.3) is 11.8 Å². The number of methoxy groups -OCH3 is 1. The van der Waals surface area contributed by atoms with Crippen molar-refractivity contribution in [3.05, 3.63) is 77.8 Å². The van der Waals surface area contributed by atoms with Crippen LogP contribution in [0.1, 0.15) is 11.3 Å². The maximum atomic E-state index is 13.0. The fourth-order valence-electron chi connectivity index (χ4n) is 3.28. The molecule has 7 nitrogen and oxygen atoms in total. The molecular weight excluding hydrogens is 397 g/mol. The van der Waals surface area contributed by atoms with Crippen LogP contribution in [0.3, 0.4) is 0 Å². The highest BCUT2D eigenvalue weighted by Gasteiger charge is 2.19. The highest BCUT2D eigenvalue weighted by atomic mass is 19.1. The summed E-state index contributed by atoms with van der Waals surface area (Å²) in [6.45, 7) is 3.72. The van der Waals surface area contributed by atoms with Crippen LogP contribution >= 0.6 is 0 Å². The van der Waals surface area contributed by atoms with E-state index in [9.17, 15) is 4.39 Å². The first-order valence-corrected chi connectivity index (χ1v) is 10.0. The molecule has 1 fully saturated rings. The predicted octanol–water partition coefficient (Wildman–Crippen LogP) is 2.73. The number of aromatic nitrogens is 2. The Labute approximate surface area is 180 Å². The van der Waals surface area contributed by atoms with Crippen LogP contribution in [0.5, 0.6) is 5.75 Å². The summed E-state index contributed by atoms with van der Waals surface area (Å²) in [7, 11) is 1.65. The van der Waals surface area contributed by atoms with Crippen molar-refractivity contribution in [3.8, 4) is 11.4 Å². The zero-order valence-corrected chi connectivity index (χ0v) is 17.5. The number of nitrogens with zero attached hydrogens (tertiary/aromatic N) is 3. The second kappa shape index (κ2) is 9.44. The summed E-state index contributed by atoms with van der Waals surface area (Å²) in [4.78, 5) is 8.89. The molecule has 3 N–H and O–H groups in total. The lowest BCUT2D eigenvalue weighted by molar-refractivity contribution is -0.550. The second-order valence-corrected chi connectivity index (χ2v) is 7.09. The van der Waals surface area contributed by atoms with Crippen molar-refractivity contribution in [2.75, 3.05) is 32.2 Å². The Morgan fingerprint density at radius 2 is 2.13 bits per heavy atom. The van der Waals surface area contributed by atoms with E-state index >= 15 is 0 Å². The topological polar surface area (TPSA) is 77.3 Å². The molecule has 160 valence electrons. The number of morpholine rings is 1. The molecule has 8 heteroatoms. The van der Waals surface area contributed by atoms with E-state index in [-0.39, 0.29) is 5.82 Å². The van der Waals surface area contributed by atoms with Crippen molar-refractivity contribution < 1.29 is 19.2 Å². The summed E-state index contributed by atoms with van der Waals surface area (Å²) < 4.78 is 26.4. The lowest BCUT2D eigenvalue weighted by Crippen LogP contribution is -2.91. The van der Waals surface area contributed by atoms with Gasteiger partial charge in [-0.2, -0.15) is 0 Å². The van der Waals surface area contributed by atoms with Crippen molar-refractivity contribution in [2.24, 2.45) is 4.99 Å². The van der Waals surface area contributed by atoms with Crippen molar-refractivity contribution in [3.63, 3.8) is 0 Å². The van der Waals surface area contributed by atoms with Gasteiger partial charge in [0.05, 0.1) is 24.8 Å². The van der Waals surface area contributed by atoms with Gasteiger partial charge >= 0.3 is 0 Å². The number of benzene rings is 2. The van der Waals surface area contributed by atoms with Gasteiger partial charge in [-0.05, 0) is 55.0 Å². The fraction of sp³-hybridized carbons (Fsp3) is 0.217. The number of aryl methyl sites for hydroxylation is 1. The minimum absolute atomic E-state index is 0.263. The van der Waals surface area contributed by atoms with E-state index < -0.39 is 0 Å². The number of ether oxygens (including phenoxy) is 2. The number of rotatable bonds is 6. The molecule has 1 aliphatic heterocycles. The van der Waals surface area contributed by atoms with Gasteiger partial charge < -0.3 is 19.4 Å². The zero-order valence-electron chi connectivity index (χ0n) is 17.5. The predicted molar refractivity (Wildman–Crippen MR) is 118 cm³/mol. The van der Waals surface area contributed by atoms with Gasteiger partial charge in [0, 0.05) is 11.9 Å². The zero-order chi connectivity index (χ0) is 21.6. The third-order valence-electron chi connectivity index (χ3n) is 4.83.